The molecule has 0 aliphatic carbocycles. The second-order valence-corrected chi connectivity index (χ2v) is 10.8. The van der Waals surface area contributed by atoms with E-state index in [9.17, 15) is 43.2 Å². The molecular weight excluding hydrogens is 538 g/mol. The molecule has 0 N–H and O–H groups in total. The smallest absolute Gasteiger partial charge is 0.421 e. The van der Waals surface area contributed by atoms with Gasteiger partial charge in [-0.2, -0.15) is 26.3 Å². The minimum absolute atomic E-state index is 0.778. The molecule has 0 atom stereocenters. The van der Waals surface area contributed by atoms with Crippen LogP contribution < -0.4 is 4.57 Å². The summed E-state index contributed by atoms with van der Waals surface area (Å²) in [6.45, 7) is 1.95. The number of hydrogen-bond acceptors (Lipinski definition) is 4. The summed E-state index contributed by atoms with van der Waals surface area (Å²) in [4.78, 5) is 0. The highest BCUT2D eigenvalue weighted by molar-refractivity contribution is 8.13. The van der Waals surface area contributed by atoms with Gasteiger partial charge in [-0.25, -0.2) is 26.0 Å². The van der Waals surface area contributed by atoms with Crippen LogP contribution in [0.5, 0.6) is 0 Å². The van der Waals surface area contributed by atoms with Crippen LogP contribution in [-0.4, -0.2) is 37.0 Å². The van der Waals surface area contributed by atoms with Crippen molar-refractivity contribution in [3.63, 3.8) is 0 Å². The van der Waals surface area contributed by atoms with Crippen LogP contribution in [0.4, 0.5) is 26.3 Å². The molecule has 2 heterocycles. The summed E-state index contributed by atoms with van der Waals surface area (Å²) in [5, 5.41) is 2.68. The second-order valence-electron chi connectivity index (χ2n) is 7.42. The van der Waals surface area contributed by atoms with Crippen molar-refractivity contribution < 1.29 is 47.7 Å². The van der Waals surface area contributed by atoms with E-state index in [-0.39, 0.29) is 0 Å². The maximum atomic E-state index is 11.4. The van der Waals surface area contributed by atoms with Crippen LogP contribution in [0.25, 0.3) is 25.9 Å². The van der Waals surface area contributed by atoms with Crippen LogP contribution in [0.3, 0.4) is 0 Å². The van der Waals surface area contributed by atoms with Crippen molar-refractivity contribution in [2.45, 2.75) is 24.1 Å². The summed E-state index contributed by atoms with van der Waals surface area (Å²) in [5.74, 6) is 0. The molecule has 0 aliphatic rings. The molecule has 0 spiro atoms. The van der Waals surface area contributed by atoms with Crippen molar-refractivity contribution in [1.82, 2.24) is 9.13 Å². The fraction of sp³-hybridized carbons (Fsp3) is 0.250. The normalized spacial score (nSPS) is 13.1. The second kappa shape index (κ2) is 9.74. The van der Waals surface area contributed by atoms with E-state index < -0.39 is 31.1 Å². The van der Waals surface area contributed by atoms with Gasteiger partial charge in [0.1, 0.15) is 18.9 Å². The Morgan fingerprint density at radius 1 is 0.778 bits per heavy atom. The number of halogens is 6. The third kappa shape index (κ3) is 5.82. The molecule has 4 rings (SSSR count). The van der Waals surface area contributed by atoms with Gasteiger partial charge in [-0.1, -0.05) is 36.4 Å². The van der Waals surface area contributed by atoms with E-state index >= 15 is 0 Å². The summed E-state index contributed by atoms with van der Waals surface area (Å²) in [6.07, 6.45) is 6.31. The molecule has 0 saturated heterocycles. The summed E-state index contributed by atoms with van der Waals surface area (Å²) >= 11 is 0. The number of rotatable bonds is 5. The molecule has 16 heteroatoms. The highest BCUT2D eigenvalue weighted by Gasteiger charge is 2.46. The molecule has 8 nitrogen and oxygen atoms in total. The van der Waals surface area contributed by atoms with Crippen molar-refractivity contribution in [3.8, 4) is 0 Å². The minimum Gasteiger partial charge on any atom is -0.421 e. The van der Waals surface area contributed by atoms with Crippen molar-refractivity contribution in [3.05, 3.63) is 71.4 Å². The summed E-state index contributed by atoms with van der Waals surface area (Å²) in [7, 11) is -11.4. The lowest BCUT2D eigenvalue weighted by Gasteiger charge is -2.22. The number of aromatic nitrogens is 3. The van der Waals surface area contributed by atoms with Gasteiger partial charge >= 0.3 is 11.0 Å². The van der Waals surface area contributed by atoms with Crippen LogP contribution in [0.2, 0.25) is 0 Å². The van der Waals surface area contributed by atoms with E-state index in [1.807, 2.05) is 0 Å². The van der Waals surface area contributed by atoms with E-state index in [4.69, 9.17) is 0 Å². The fourth-order valence-corrected chi connectivity index (χ4v) is 5.02. The predicted octanol–water partition coefficient (Wildman–Crippen LogP) is 4.18. The number of benzene rings is 2. The van der Waals surface area contributed by atoms with Gasteiger partial charge < -0.3 is 8.69 Å². The minimum atomic E-state index is -6.72. The molecule has 0 saturated carbocycles. The van der Waals surface area contributed by atoms with Crippen molar-refractivity contribution in [1.29, 1.82) is 0 Å². The maximum absolute atomic E-state index is 11.4. The Bertz CT molecular complexity index is 1490. The zero-order valence-corrected chi connectivity index (χ0v) is 19.9. The zero-order valence-electron chi connectivity index (χ0n) is 18.3. The highest BCUT2D eigenvalue weighted by atomic mass is 32.3. The van der Waals surface area contributed by atoms with Crippen molar-refractivity contribution in [2.75, 3.05) is 0 Å². The quantitative estimate of drug-likeness (QED) is 0.272. The van der Waals surface area contributed by atoms with Crippen LogP contribution in [0, 0.1) is 0 Å². The molecule has 0 bridgehead atoms. The van der Waals surface area contributed by atoms with Gasteiger partial charge in [-0.15, -0.1) is 0 Å². The van der Waals surface area contributed by atoms with Crippen molar-refractivity contribution in [2.24, 2.45) is 7.05 Å². The van der Waals surface area contributed by atoms with Crippen LogP contribution >= 0.6 is 0 Å². The standard InChI is InChI=1S/C18H18N3.C2F6NO4S2/c1-19-10-11-20(14-19)12-13-21-17-8-4-2-6-15(17)16-7-3-5-9-18(16)21;3-1(4,5)14(10,11)9-15(12,13)2(6,7)8/h2-11,14H,12-13H2,1H3;/q+1;-1. The summed E-state index contributed by atoms with van der Waals surface area (Å²) in [6, 6.07) is 17.3. The van der Waals surface area contributed by atoms with E-state index in [1.165, 1.54) is 21.8 Å². The molecule has 2 aromatic carbocycles. The number of alkyl halides is 6. The molecule has 0 unspecified atom stereocenters. The highest BCUT2D eigenvalue weighted by Crippen LogP contribution is 2.36. The lowest BCUT2D eigenvalue weighted by Crippen LogP contribution is -2.30. The van der Waals surface area contributed by atoms with Gasteiger partial charge in [0.15, 0.2) is 20.0 Å². The average molecular weight is 557 g/mol. The summed E-state index contributed by atoms with van der Waals surface area (Å²) < 4.78 is 116. The molecule has 0 aliphatic heterocycles. The van der Waals surface area contributed by atoms with Crippen LogP contribution in [0.1, 0.15) is 0 Å². The number of imidazole rings is 1. The van der Waals surface area contributed by atoms with Crippen LogP contribution in [0.15, 0.2) is 67.3 Å². The SMILES string of the molecule is C[n+]1ccn(CCn2c3ccccc3c3ccccc32)c1.O=S(=O)([N-]S(=O)(=O)C(F)(F)F)C(F)(F)F. The van der Waals surface area contributed by atoms with E-state index in [0.717, 1.165) is 17.2 Å². The Kier molecular flexibility index (Phi) is 7.44. The number of para-hydroxylation sites is 2. The third-order valence-corrected chi connectivity index (χ3v) is 7.61. The van der Waals surface area contributed by atoms with Gasteiger partial charge in [0.05, 0.1) is 13.6 Å². The number of aryl methyl sites for hydroxylation is 3. The Morgan fingerprint density at radius 2 is 1.22 bits per heavy atom. The number of hydrogen-bond donors (Lipinski definition) is 0. The van der Waals surface area contributed by atoms with Gasteiger partial charge in [0.25, 0.3) is 0 Å². The topological polar surface area (TPSA) is 96.1 Å². The van der Waals surface area contributed by atoms with Gasteiger partial charge in [-0.3, -0.25) is 0 Å². The Labute approximate surface area is 201 Å². The van der Waals surface area contributed by atoms with Crippen molar-refractivity contribution >= 4 is 41.9 Å². The molecule has 196 valence electrons. The fourth-order valence-electron chi connectivity index (χ4n) is 3.31. The first kappa shape index (κ1) is 27.5. The lowest BCUT2D eigenvalue weighted by molar-refractivity contribution is -0.671. The summed E-state index contributed by atoms with van der Waals surface area (Å²) in [5.41, 5.74) is -9.78. The third-order valence-electron chi connectivity index (χ3n) is 4.87. The zero-order chi connectivity index (χ0) is 26.9. The largest absolute Gasteiger partial charge is 0.480 e. The molecule has 0 amide bonds. The number of nitrogens with zero attached hydrogens (tertiary/aromatic N) is 4. The van der Waals surface area contributed by atoms with E-state index in [0.29, 0.717) is 0 Å². The van der Waals surface area contributed by atoms with Crippen LogP contribution in [-0.2, 0) is 40.2 Å². The van der Waals surface area contributed by atoms with Gasteiger partial charge in [0, 0.05) is 21.8 Å². The van der Waals surface area contributed by atoms with E-state index in [1.54, 1.807) is 0 Å². The average Bonchev–Trinajstić information content (AvgIpc) is 3.31. The van der Waals surface area contributed by atoms with Gasteiger partial charge in [0.2, 0.25) is 6.33 Å². The Morgan fingerprint density at radius 3 is 1.61 bits per heavy atom. The number of sulfonamides is 2. The molecular formula is C20H18F6N4O4S2. The molecule has 0 radical (unpaired) electrons. The first-order valence-electron chi connectivity index (χ1n) is 9.87. The Hall–Kier alpha value is -3.11. The predicted molar refractivity (Wildman–Crippen MR) is 118 cm³/mol. The Balaban J connectivity index is 0.000000215. The molecule has 2 aromatic heterocycles. The van der Waals surface area contributed by atoms with E-state index in [2.05, 4.69) is 88.0 Å². The molecule has 4 aromatic rings. The lowest BCUT2D eigenvalue weighted by atomic mass is 10.2. The molecule has 0 fully saturated rings. The number of fused-ring (bicyclic) bond motifs is 3. The maximum Gasteiger partial charge on any atom is 0.480 e. The molecule has 36 heavy (non-hydrogen) atoms. The first-order valence-corrected chi connectivity index (χ1v) is 12.8. The van der Waals surface area contributed by atoms with Gasteiger partial charge in [-0.05, 0) is 12.1 Å². The first-order chi connectivity index (χ1) is 16.5. The monoisotopic (exact) mass is 556 g/mol.